The molecule has 29 heavy (non-hydrogen) atoms. The fourth-order valence-corrected chi connectivity index (χ4v) is 3.75. The van der Waals surface area contributed by atoms with Gasteiger partial charge >= 0.3 is 0 Å². The molecule has 0 fully saturated rings. The summed E-state index contributed by atoms with van der Waals surface area (Å²) in [6.07, 6.45) is 1.24. The molecule has 0 radical (unpaired) electrons. The number of carbonyl (C=O) groups is 2. The molecule has 5 nitrogen and oxygen atoms in total. The van der Waals surface area contributed by atoms with Gasteiger partial charge in [-0.1, -0.05) is 68.4 Å². The van der Waals surface area contributed by atoms with Crippen LogP contribution >= 0.6 is 0 Å². The molecule has 154 valence electrons. The van der Waals surface area contributed by atoms with E-state index < -0.39 is 6.04 Å². The van der Waals surface area contributed by atoms with E-state index in [0.29, 0.717) is 19.4 Å². The van der Waals surface area contributed by atoms with Crippen molar-refractivity contribution < 1.29 is 9.59 Å². The van der Waals surface area contributed by atoms with E-state index in [9.17, 15) is 9.59 Å². The van der Waals surface area contributed by atoms with Crippen LogP contribution in [-0.4, -0.2) is 23.9 Å². The number of benzene rings is 2. The zero-order valence-electron chi connectivity index (χ0n) is 17.4. The van der Waals surface area contributed by atoms with Gasteiger partial charge in [0.05, 0.1) is 12.1 Å². The maximum absolute atomic E-state index is 12.9. The predicted octanol–water partition coefficient (Wildman–Crippen LogP) is 3.11. The maximum atomic E-state index is 12.9. The van der Waals surface area contributed by atoms with Crippen molar-refractivity contribution in [2.45, 2.75) is 58.3 Å². The first-order valence-corrected chi connectivity index (χ1v) is 10.4. The summed E-state index contributed by atoms with van der Waals surface area (Å²) in [5, 5.41) is 9.34. The van der Waals surface area contributed by atoms with Crippen LogP contribution in [-0.2, 0) is 22.6 Å². The summed E-state index contributed by atoms with van der Waals surface area (Å²) in [7, 11) is 0. The molecule has 0 saturated carbocycles. The normalized spacial score (nSPS) is 17.9. The zero-order valence-corrected chi connectivity index (χ0v) is 17.4. The lowest BCUT2D eigenvalue weighted by Crippen LogP contribution is -2.54. The lowest BCUT2D eigenvalue weighted by atomic mass is 9.95. The van der Waals surface area contributed by atoms with Crippen LogP contribution in [0.2, 0.25) is 0 Å². The Bertz CT molecular complexity index is 835. The molecule has 1 aliphatic rings. The molecular formula is C24H31N3O2. The summed E-state index contributed by atoms with van der Waals surface area (Å²) < 4.78 is 0. The van der Waals surface area contributed by atoms with Gasteiger partial charge in [-0.2, -0.15) is 0 Å². The molecule has 2 aromatic rings. The summed E-state index contributed by atoms with van der Waals surface area (Å²) in [5.41, 5.74) is 3.46. The van der Waals surface area contributed by atoms with Crippen LogP contribution in [0, 0.1) is 5.92 Å². The van der Waals surface area contributed by atoms with Gasteiger partial charge in [0.1, 0.15) is 6.04 Å². The first kappa shape index (κ1) is 21.1. The molecule has 0 spiro atoms. The second-order valence-corrected chi connectivity index (χ2v) is 8.24. The Balaban J connectivity index is 1.64. The minimum absolute atomic E-state index is 0.116. The average molecular weight is 394 g/mol. The highest BCUT2D eigenvalue weighted by Gasteiger charge is 2.29. The van der Waals surface area contributed by atoms with Crippen molar-refractivity contribution in [3.8, 4) is 0 Å². The molecular weight excluding hydrogens is 362 g/mol. The van der Waals surface area contributed by atoms with Crippen LogP contribution in [0.5, 0.6) is 0 Å². The van der Waals surface area contributed by atoms with Crippen molar-refractivity contribution in [2.24, 2.45) is 5.92 Å². The summed E-state index contributed by atoms with van der Waals surface area (Å²) in [5.74, 6) is 0.0328. The number of fused-ring (bicyclic) bond motifs is 1. The van der Waals surface area contributed by atoms with Crippen LogP contribution in [0.4, 0.5) is 0 Å². The summed E-state index contributed by atoms with van der Waals surface area (Å²) >= 11 is 0. The fraction of sp³-hybridized carbons (Fsp3) is 0.417. The number of carbonyl (C=O) groups excluding carboxylic acids is 2. The molecule has 0 aliphatic carbocycles. The lowest BCUT2D eigenvalue weighted by Gasteiger charge is -2.28. The minimum atomic E-state index is -0.548. The van der Waals surface area contributed by atoms with E-state index in [1.165, 1.54) is 11.1 Å². The largest absolute Gasteiger partial charge is 0.348 e. The van der Waals surface area contributed by atoms with E-state index >= 15 is 0 Å². The van der Waals surface area contributed by atoms with Gasteiger partial charge in [0.2, 0.25) is 11.8 Å². The summed E-state index contributed by atoms with van der Waals surface area (Å²) in [4.78, 5) is 25.8. The lowest BCUT2D eigenvalue weighted by molar-refractivity contribution is -0.130. The van der Waals surface area contributed by atoms with Gasteiger partial charge in [0, 0.05) is 6.54 Å². The third-order valence-electron chi connectivity index (χ3n) is 5.40. The molecule has 2 amide bonds. The molecule has 0 saturated heterocycles. The van der Waals surface area contributed by atoms with Gasteiger partial charge in [0.25, 0.3) is 0 Å². The van der Waals surface area contributed by atoms with Crippen LogP contribution in [0.25, 0.3) is 0 Å². The van der Waals surface area contributed by atoms with Gasteiger partial charge < -0.3 is 16.0 Å². The number of hydrogen-bond donors (Lipinski definition) is 3. The Morgan fingerprint density at radius 3 is 2.31 bits per heavy atom. The van der Waals surface area contributed by atoms with Crippen molar-refractivity contribution in [3.63, 3.8) is 0 Å². The summed E-state index contributed by atoms with van der Waals surface area (Å²) in [6.45, 7) is 6.74. The monoisotopic (exact) mass is 393 g/mol. The molecule has 1 unspecified atom stereocenters. The Morgan fingerprint density at radius 1 is 0.966 bits per heavy atom. The van der Waals surface area contributed by atoms with E-state index in [4.69, 9.17) is 0 Å². The van der Waals surface area contributed by atoms with Crippen LogP contribution in [0.3, 0.4) is 0 Å². The zero-order chi connectivity index (χ0) is 20.8. The van der Waals surface area contributed by atoms with Gasteiger partial charge in [-0.25, -0.2) is 0 Å². The molecule has 5 heteroatoms. The standard InChI is InChI=1S/C24H31N3O2/c1-16(2)13-22(24(29)26-17(3)18-9-5-4-6-10-18)27-23(28)21-14-19-11-7-8-12-20(19)15-25-21/h4-12,16-17,21-22,25H,13-15H2,1-3H3,(H,26,29)(H,27,28)/t17?,21-,22-/m0/s1. The quantitative estimate of drug-likeness (QED) is 0.677. The molecule has 2 aromatic carbocycles. The van der Waals surface area contributed by atoms with Crippen molar-refractivity contribution in [1.29, 1.82) is 0 Å². The van der Waals surface area contributed by atoms with Crippen molar-refractivity contribution >= 4 is 11.8 Å². The molecule has 0 bridgehead atoms. The van der Waals surface area contributed by atoms with E-state index in [2.05, 4.69) is 41.9 Å². The minimum Gasteiger partial charge on any atom is -0.348 e. The first-order chi connectivity index (χ1) is 13.9. The molecule has 1 aliphatic heterocycles. The highest BCUT2D eigenvalue weighted by atomic mass is 16.2. The van der Waals surface area contributed by atoms with Gasteiger partial charge in [-0.15, -0.1) is 0 Å². The average Bonchev–Trinajstić information content (AvgIpc) is 2.73. The van der Waals surface area contributed by atoms with Crippen molar-refractivity contribution in [1.82, 2.24) is 16.0 Å². The molecule has 3 atom stereocenters. The first-order valence-electron chi connectivity index (χ1n) is 10.4. The van der Waals surface area contributed by atoms with Crippen LogP contribution in [0.15, 0.2) is 54.6 Å². The summed E-state index contributed by atoms with van der Waals surface area (Å²) in [6, 6.07) is 17.0. The molecule has 0 aromatic heterocycles. The Hall–Kier alpha value is -2.66. The van der Waals surface area contributed by atoms with Gasteiger partial charge in [-0.3, -0.25) is 9.59 Å². The molecule has 3 N–H and O–H groups in total. The smallest absolute Gasteiger partial charge is 0.243 e. The third-order valence-corrected chi connectivity index (χ3v) is 5.40. The van der Waals surface area contributed by atoms with Crippen molar-refractivity contribution in [3.05, 3.63) is 71.3 Å². The second kappa shape index (κ2) is 9.70. The molecule has 1 heterocycles. The number of hydrogen-bond acceptors (Lipinski definition) is 3. The van der Waals surface area contributed by atoms with Gasteiger partial charge in [0.15, 0.2) is 0 Å². The van der Waals surface area contributed by atoms with Crippen molar-refractivity contribution in [2.75, 3.05) is 0 Å². The highest BCUT2D eigenvalue weighted by molar-refractivity contribution is 5.90. The number of nitrogens with one attached hydrogen (secondary N) is 3. The van der Waals surface area contributed by atoms with E-state index in [0.717, 1.165) is 5.56 Å². The Morgan fingerprint density at radius 2 is 1.62 bits per heavy atom. The molecule has 3 rings (SSSR count). The third kappa shape index (κ3) is 5.67. The SMILES string of the molecule is CC(C)C[C@H](NC(=O)[C@@H]1Cc2ccccc2CN1)C(=O)NC(C)c1ccccc1. The van der Waals surface area contributed by atoms with E-state index in [1.807, 2.05) is 49.4 Å². The maximum Gasteiger partial charge on any atom is 0.243 e. The second-order valence-electron chi connectivity index (χ2n) is 8.24. The number of rotatable bonds is 7. The van der Waals surface area contributed by atoms with E-state index in [-0.39, 0.29) is 29.8 Å². The highest BCUT2D eigenvalue weighted by Crippen LogP contribution is 2.17. The van der Waals surface area contributed by atoms with E-state index in [1.54, 1.807) is 0 Å². The fourth-order valence-electron chi connectivity index (χ4n) is 3.75. The van der Waals surface area contributed by atoms with Crippen LogP contribution in [0.1, 0.15) is 49.9 Å². The van der Waals surface area contributed by atoms with Gasteiger partial charge in [-0.05, 0) is 42.4 Å². The Kier molecular flexibility index (Phi) is 7.04. The predicted molar refractivity (Wildman–Crippen MR) is 115 cm³/mol. The van der Waals surface area contributed by atoms with Crippen LogP contribution < -0.4 is 16.0 Å². The number of amides is 2. The topological polar surface area (TPSA) is 70.2 Å². The Labute approximate surface area is 173 Å².